The maximum Gasteiger partial charge on any atom is 0.338 e. The fourth-order valence-corrected chi connectivity index (χ4v) is 2.56. The summed E-state index contributed by atoms with van der Waals surface area (Å²) in [6.45, 7) is 13.7. The van der Waals surface area contributed by atoms with Crippen molar-refractivity contribution in [1.82, 2.24) is 11.0 Å². The van der Waals surface area contributed by atoms with E-state index in [-0.39, 0.29) is 17.0 Å². The normalized spacial score (nSPS) is 12.6. The van der Waals surface area contributed by atoms with Crippen LogP contribution in [0.1, 0.15) is 82.5 Å². The van der Waals surface area contributed by atoms with Gasteiger partial charge >= 0.3 is 11.9 Å². The molecule has 0 bridgehead atoms. The lowest BCUT2D eigenvalue weighted by molar-refractivity contribution is -0.173. The van der Waals surface area contributed by atoms with Crippen molar-refractivity contribution in [2.75, 3.05) is 6.61 Å². The van der Waals surface area contributed by atoms with Crippen LogP contribution < -0.4 is 11.0 Å². The summed E-state index contributed by atoms with van der Waals surface area (Å²) in [5.41, 5.74) is 3.23. The van der Waals surface area contributed by atoms with Crippen LogP contribution in [0.2, 0.25) is 0 Å². The third-order valence-electron chi connectivity index (χ3n) is 3.81. The molecule has 1 aromatic carbocycles. The first-order chi connectivity index (χ1) is 15.6. The molecule has 1 atom stereocenters. The number of ether oxygens (including phenoxy) is 2. The van der Waals surface area contributed by atoms with Crippen LogP contribution in [0, 0.1) is 5.92 Å². The molecule has 2 amide bonds. The number of esters is 2. The van der Waals surface area contributed by atoms with E-state index in [1.807, 2.05) is 13.8 Å². The predicted molar refractivity (Wildman–Crippen MR) is 123 cm³/mol. The lowest BCUT2D eigenvalue weighted by atomic mass is 10.1. The first-order valence-electron chi connectivity index (χ1n) is 11.0. The molecule has 190 valence electrons. The Hall–Kier alpha value is -2.98. The Morgan fingerprint density at radius 3 is 1.88 bits per heavy atom. The van der Waals surface area contributed by atoms with Crippen LogP contribution in [0.25, 0.3) is 0 Å². The van der Waals surface area contributed by atoms with Gasteiger partial charge in [0.05, 0.1) is 0 Å². The second-order valence-electron chi connectivity index (χ2n) is 10.1. The van der Waals surface area contributed by atoms with Crippen LogP contribution in [-0.2, 0) is 28.7 Å². The van der Waals surface area contributed by atoms with E-state index >= 15 is 0 Å². The molecule has 1 aromatic rings. The monoisotopic (exact) mass is 480 g/mol. The van der Waals surface area contributed by atoms with Gasteiger partial charge in [-0.15, -0.1) is 0 Å². The van der Waals surface area contributed by atoms with E-state index in [9.17, 15) is 19.2 Å². The minimum Gasteiger partial charge on any atom is -0.458 e. The topological polar surface area (TPSA) is 129 Å². The van der Waals surface area contributed by atoms with Crippen LogP contribution in [0.4, 0.5) is 0 Å². The van der Waals surface area contributed by atoms with E-state index in [1.165, 1.54) is 24.3 Å². The summed E-state index contributed by atoms with van der Waals surface area (Å²) in [6, 6.07) is 5.75. The first-order valence-corrected chi connectivity index (χ1v) is 11.0. The van der Waals surface area contributed by atoms with Crippen molar-refractivity contribution >= 4 is 23.8 Å². The molecule has 0 radical (unpaired) electrons. The molecule has 34 heavy (non-hydrogen) atoms. The van der Waals surface area contributed by atoms with Crippen molar-refractivity contribution in [3.8, 4) is 0 Å². The van der Waals surface area contributed by atoms with Crippen molar-refractivity contribution in [1.29, 1.82) is 0 Å². The number of benzene rings is 1. The molecule has 1 unspecified atom stereocenters. The largest absolute Gasteiger partial charge is 0.458 e. The standard InChI is InChI=1S/C24H36N2O8/c1-15(2)12-18(22(30)33-24(6,7)8)34-26-21(29)17-11-9-10-16(13-17)20(28)25-31-14-19(27)32-23(3,4)5/h9-11,13,15,18H,12,14H2,1-8H3,(H,25,28)(H,26,29). The van der Waals surface area contributed by atoms with E-state index in [0.717, 1.165) is 0 Å². The average Bonchev–Trinajstić information content (AvgIpc) is 2.67. The van der Waals surface area contributed by atoms with Crippen LogP contribution in [-0.4, -0.2) is 47.7 Å². The van der Waals surface area contributed by atoms with E-state index in [4.69, 9.17) is 19.1 Å². The highest BCUT2D eigenvalue weighted by atomic mass is 16.7. The van der Waals surface area contributed by atoms with Gasteiger partial charge in [0, 0.05) is 11.1 Å². The average molecular weight is 481 g/mol. The molecule has 0 fully saturated rings. The van der Waals surface area contributed by atoms with Gasteiger partial charge in [0.1, 0.15) is 11.2 Å². The number of rotatable bonds is 10. The van der Waals surface area contributed by atoms with E-state index in [1.54, 1.807) is 41.5 Å². The molecule has 0 heterocycles. The molecule has 0 aromatic heterocycles. The Kier molecular flexibility index (Phi) is 10.7. The lowest BCUT2D eigenvalue weighted by Gasteiger charge is -2.24. The van der Waals surface area contributed by atoms with Gasteiger partial charge in [-0.05, 0) is 72.1 Å². The first kappa shape index (κ1) is 29.1. The van der Waals surface area contributed by atoms with Gasteiger partial charge in [-0.2, -0.15) is 0 Å². The minimum absolute atomic E-state index is 0.113. The molecule has 0 aliphatic heterocycles. The Labute approximate surface area is 200 Å². The summed E-state index contributed by atoms with van der Waals surface area (Å²) in [7, 11) is 0. The van der Waals surface area contributed by atoms with Gasteiger partial charge in [-0.3, -0.25) is 19.3 Å². The molecule has 10 nitrogen and oxygen atoms in total. The van der Waals surface area contributed by atoms with Gasteiger partial charge < -0.3 is 9.47 Å². The van der Waals surface area contributed by atoms with Crippen LogP contribution in [0.15, 0.2) is 24.3 Å². The van der Waals surface area contributed by atoms with Gasteiger partial charge in [-0.25, -0.2) is 20.5 Å². The summed E-state index contributed by atoms with van der Waals surface area (Å²) >= 11 is 0. The molecule has 0 saturated carbocycles. The van der Waals surface area contributed by atoms with E-state index < -0.39 is 47.7 Å². The third kappa shape index (κ3) is 11.8. The Morgan fingerprint density at radius 2 is 1.38 bits per heavy atom. The predicted octanol–water partition coefficient (Wildman–Crippen LogP) is 3.11. The molecule has 0 spiro atoms. The number of nitrogens with one attached hydrogen (secondary N) is 2. The van der Waals surface area contributed by atoms with Crippen LogP contribution in [0.5, 0.6) is 0 Å². The Balaban J connectivity index is 2.71. The molecule has 0 aliphatic carbocycles. The van der Waals surface area contributed by atoms with Crippen molar-refractivity contribution in [2.45, 2.75) is 79.1 Å². The second-order valence-corrected chi connectivity index (χ2v) is 10.1. The molecule has 0 saturated heterocycles. The minimum atomic E-state index is -0.990. The molecule has 2 N–H and O–H groups in total. The van der Waals surface area contributed by atoms with Crippen molar-refractivity contribution < 1.29 is 38.3 Å². The van der Waals surface area contributed by atoms with Gasteiger partial charge in [0.15, 0.2) is 12.7 Å². The molecular formula is C24H36N2O8. The zero-order valence-corrected chi connectivity index (χ0v) is 21.1. The highest BCUT2D eigenvalue weighted by molar-refractivity contribution is 5.99. The number of carbonyl (C=O) groups excluding carboxylic acids is 4. The molecule has 0 aliphatic rings. The molecular weight excluding hydrogens is 444 g/mol. The molecule has 1 rings (SSSR count). The highest BCUT2D eigenvalue weighted by Crippen LogP contribution is 2.15. The van der Waals surface area contributed by atoms with Gasteiger partial charge in [-0.1, -0.05) is 19.9 Å². The highest BCUT2D eigenvalue weighted by Gasteiger charge is 2.28. The summed E-state index contributed by atoms with van der Waals surface area (Å²) in [4.78, 5) is 59.1. The number of hydrogen-bond acceptors (Lipinski definition) is 8. The smallest absolute Gasteiger partial charge is 0.338 e. The maximum atomic E-state index is 12.5. The SMILES string of the molecule is CC(C)CC(ONC(=O)c1cccc(C(=O)NOCC(=O)OC(C)(C)C)c1)C(=O)OC(C)(C)C. The molecule has 10 heteroatoms. The number of carbonyl (C=O) groups is 4. The second kappa shape index (κ2) is 12.5. The Morgan fingerprint density at radius 1 is 0.853 bits per heavy atom. The van der Waals surface area contributed by atoms with E-state index in [0.29, 0.717) is 6.42 Å². The van der Waals surface area contributed by atoms with Crippen LogP contribution >= 0.6 is 0 Å². The summed E-state index contributed by atoms with van der Waals surface area (Å²) in [6.07, 6.45) is -0.650. The summed E-state index contributed by atoms with van der Waals surface area (Å²) in [5, 5.41) is 0. The fraction of sp³-hybridized carbons (Fsp3) is 0.583. The number of amides is 2. The lowest BCUT2D eigenvalue weighted by Crippen LogP contribution is -2.39. The van der Waals surface area contributed by atoms with Gasteiger partial charge in [0.2, 0.25) is 0 Å². The zero-order chi connectivity index (χ0) is 26.1. The fourth-order valence-electron chi connectivity index (χ4n) is 2.56. The number of hydroxylamine groups is 2. The summed E-state index contributed by atoms with van der Waals surface area (Å²) < 4.78 is 10.4. The zero-order valence-electron chi connectivity index (χ0n) is 21.1. The third-order valence-corrected chi connectivity index (χ3v) is 3.81. The Bertz CT molecular complexity index is 868. The van der Waals surface area contributed by atoms with Crippen molar-refractivity contribution in [2.24, 2.45) is 5.92 Å². The maximum absolute atomic E-state index is 12.5. The van der Waals surface area contributed by atoms with E-state index in [2.05, 4.69) is 11.0 Å². The van der Waals surface area contributed by atoms with Crippen molar-refractivity contribution in [3.63, 3.8) is 0 Å². The number of hydrogen-bond donors (Lipinski definition) is 2. The van der Waals surface area contributed by atoms with Crippen LogP contribution in [0.3, 0.4) is 0 Å². The summed E-state index contributed by atoms with van der Waals surface area (Å²) in [5.74, 6) is -2.43. The van der Waals surface area contributed by atoms with Crippen molar-refractivity contribution in [3.05, 3.63) is 35.4 Å². The van der Waals surface area contributed by atoms with Gasteiger partial charge in [0.25, 0.3) is 11.8 Å². The quantitative estimate of drug-likeness (QED) is 0.386.